The van der Waals surface area contributed by atoms with Gasteiger partial charge < -0.3 is 0 Å². The van der Waals surface area contributed by atoms with Crippen LogP contribution in [0.25, 0.3) is 0 Å². The Hall–Kier alpha value is -1.26. The van der Waals surface area contributed by atoms with Crippen molar-refractivity contribution in [3.05, 3.63) is 66.1 Å². The van der Waals surface area contributed by atoms with Gasteiger partial charge in [-0.15, -0.1) is 13.2 Å². The van der Waals surface area contributed by atoms with Crippen LogP contribution in [-0.4, -0.2) is 18.9 Å². The Morgan fingerprint density at radius 2 is 1.76 bits per heavy atom. The predicted molar refractivity (Wildman–Crippen MR) is 91.1 cm³/mol. The summed E-state index contributed by atoms with van der Waals surface area (Å²) in [6.07, 6.45) is 4.26. The van der Waals surface area contributed by atoms with E-state index in [2.05, 4.69) is 13.2 Å². The van der Waals surface area contributed by atoms with E-state index in [1.54, 1.807) is 23.9 Å². The van der Waals surface area contributed by atoms with E-state index in [0.717, 1.165) is 15.4 Å². The number of sulfone groups is 1. The highest BCUT2D eigenvalue weighted by Crippen LogP contribution is 2.47. The Morgan fingerprint density at radius 3 is 2.29 bits per heavy atom. The van der Waals surface area contributed by atoms with Crippen molar-refractivity contribution < 1.29 is 8.42 Å². The first-order valence-corrected chi connectivity index (χ1v) is 9.31. The molecule has 1 aromatic rings. The maximum Gasteiger partial charge on any atom is 0.165 e. The molecule has 2 rings (SSSR count). The van der Waals surface area contributed by atoms with Crippen LogP contribution in [0.4, 0.5) is 0 Å². The molecule has 112 valence electrons. The van der Waals surface area contributed by atoms with E-state index in [4.69, 9.17) is 0 Å². The molecule has 0 aromatic heterocycles. The van der Waals surface area contributed by atoms with E-state index in [1.165, 1.54) is 0 Å². The van der Waals surface area contributed by atoms with E-state index in [-0.39, 0.29) is 5.75 Å². The fraction of sp³-hybridized carbons (Fsp3) is 0.294. The summed E-state index contributed by atoms with van der Waals surface area (Å²) in [4.78, 5) is 2.00. The second-order valence-corrected chi connectivity index (χ2v) is 8.67. The highest BCUT2D eigenvalue weighted by Gasteiger charge is 2.49. The number of thioether (sulfide) groups is 1. The topological polar surface area (TPSA) is 34.1 Å². The molecule has 1 heterocycles. The van der Waals surface area contributed by atoms with Gasteiger partial charge in [-0.3, -0.25) is 0 Å². The standard InChI is InChI=1S/C17H20O2S2/c1-4-11-17(12-5-2)14(3)16(13-21(17,18)19)20-15-9-7-6-8-10-15/h4-10H,1-2,11-13H2,3H3. The smallest absolute Gasteiger partial charge is 0.165 e. The molecule has 0 saturated carbocycles. The third-order valence-corrected chi connectivity index (χ3v) is 7.84. The molecule has 0 radical (unpaired) electrons. The number of allylic oxidation sites excluding steroid dienone is 2. The second kappa shape index (κ2) is 6.24. The third kappa shape index (κ3) is 2.87. The fourth-order valence-electron chi connectivity index (χ4n) is 2.75. The molecular formula is C17H20O2S2. The number of benzene rings is 1. The van der Waals surface area contributed by atoms with Gasteiger partial charge in [0.15, 0.2) is 9.84 Å². The van der Waals surface area contributed by atoms with Gasteiger partial charge in [0.05, 0.1) is 5.75 Å². The number of hydrogen-bond acceptors (Lipinski definition) is 3. The van der Waals surface area contributed by atoms with Gasteiger partial charge in [-0.2, -0.15) is 0 Å². The first-order chi connectivity index (χ1) is 9.97. The van der Waals surface area contributed by atoms with Crippen molar-refractivity contribution in [2.45, 2.75) is 29.4 Å². The van der Waals surface area contributed by atoms with Gasteiger partial charge in [-0.25, -0.2) is 8.42 Å². The summed E-state index contributed by atoms with van der Waals surface area (Å²) in [6, 6.07) is 9.87. The zero-order valence-corrected chi connectivity index (χ0v) is 13.8. The average Bonchev–Trinajstić information content (AvgIpc) is 2.62. The lowest BCUT2D eigenvalue weighted by molar-refractivity contribution is 0.552. The lowest BCUT2D eigenvalue weighted by atomic mass is 9.92. The van der Waals surface area contributed by atoms with E-state index >= 15 is 0 Å². The third-order valence-electron chi connectivity index (χ3n) is 3.95. The van der Waals surface area contributed by atoms with E-state index in [0.29, 0.717) is 12.8 Å². The van der Waals surface area contributed by atoms with E-state index < -0.39 is 14.6 Å². The molecule has 0 atom stereocenters. The quantitative estimate of drug-likeness (QED) is 0.730. The first kappa shape index (κ1) is 16.1. The summed E-state index contributed by atoms with van der Waals surface area (Å²) in [5.74, 6) is 0.111. The average molecular weight is 320 g/mol. The second-order valence-electron chi connectivity index (χ2n) is 5.20. The fourth-order valence-corrected chi connectivity index (χ4v) is 6.62. The van der Waals surface area contributed by atoms with Gasteiger partial charge in [-0.05, 0) is 37.5 Å². The summed E-state index contributed by atoms with van der Waals surface area (Å²) in [5, 5.41) is 0. The Labute approximate surface area is 131 Å². The molecule has 1 aromatic carbocycles. The Balaban J connectivity index is 2.45. The van der Waals surface area contributed by atoms with Gasteiger partial charge in [0.1, 0.15) is 4.75 Å². The van der Waals surface area contributed by atoms with Crippen molar-refractivity contribution in [1.29, 1.82) is 0 Å². The first-order valence-electron chi connectivity index (χ1n) is 6.84. The van der Waals surface area contributed by atoms with Gasteiger partial charge in [0.2, 0.25) is 0 Å². The normalized spacial score (nSPS) is 19.5. The van der Waals surface area contributed by atoms with E-state index in [9.17, 15) is 8.42 Å². The van der Waals surface area contributed by atoms with Crippen LogP contribution in [0.5, 0.6) is 0 Å². The SMILES string of the molecule is C=CCC1(CC=C)C(C)=C(Sc2ccccc2)CS1(=O)=O. The molecule has 1 aliphatic heterocycles. The Morgan fingerprint density at radius 1 is 1.19 bits per heavy atom. The van der Waals surface area contributed by atoms with Crippen LogP contribution in [0.3, 0.4) is 0 Å². The number of hydrogen-bond donors (Lipinski definition) is 0. The summed E-state index contributed by atoms with van der Waals surface area (Å²) < 4.78 is 24.6. The van der Waals surface area contributed by atoms with Crippen molar-refractivity contribution in [3.8, 4) is 0 Å². The minimum Gasteiger partial charge on any atom is -0.228 e. The molecular weight excluding hydrogens is 300 g/mol. The molecule has 4 heteroatoms. The molecule has 0 bridgehead atoms. The minimum atomic E-state index is -3.23. The van der Waals surface area contributed by atoms with Crippen molar-refractivity contribution >= 4 is 21.6 Å². The van der Waals surface area contributed by atoms with Gasteiger partial charge in [-0.1, -0.05) is 42.1 Å². The van der Waals surface area contributed by atoms with Gasteiger partial charge >= 0.3 is 0 Å². The summed E-state index contributed by atoms with van der Waals surface area (Å²) in [7, 11) is -3.23. The molecule has 1 aliphatic rings. The summed E-state index contributed by atoms with van der Waals surface area (Å²) >= 11 is 1.55. The van der Waals surface area contributed by atoms with Crippen molar-refractivity contribution in [1.82, 2.24) is 0 Å². The van der Waals surface area contributed by atoms with Crippen LogP contribution in [0, 0.1) is 0 Å². The lowest BCUT2D eigenvalue weighted by Gasteiger charge is -2.27. The zero-order valence-electron chi connectivity index (χ0n) is 12.2. The lowest BCUT2D eigenvalue weighted by Crippen LogP contribution is -2.36. The number of rotatable bonds is 6. The molecule has 0 N–H and O–H groups in total. The summed E-state index contributed by atoms with van der Waals surface area (Å²) in [5.41, 5.74) is 0.941. The van der Waals surface area contributed by atoms with Crippen LogP contribution in [0.1, 0.15) is 19.8 Å². The van der Waals surface area contributed by atoms with E-state index in [1.807, 2.05) is 37.3 Å². The highest BCUT2D eigenvalue weighted by atomic mass is 32.2. The predicted octanol–water partition coefficient (Wildman–Crippen LogP) is 4.37. The van der Waals surface area contributed by atoms with Gasteiger partial charge in [0, 0.05) is 9.80 Å². The molecule has 2 nitrogen and oxygen atoms in total. The largest absolute Gasteiger partial charge is 0.228 e. The molecule has 0 aliphatic carbocycles. The highest BCUT2D eigenvalue weighted by molar-refractivity contribution is 8.05. The molecule has 0 spiro atoms. The zero-order chi connectivity index (χ0) is 15.5. The Kier molecular flexibility index (Phi) is 4.79. The minimum absolute atomic E-state index is 0.111. The molecule has 0 amide bonds. The Bertz CT molecular complexity index is 660. The van der Waals surface area contributed by atoms with Crippen molar-refractivity contribution in [2.75, 3.05) is 5.75 Å². The van der Waals surface area contributed by atoms with Crippen LogP contribution in [-0.2, 0) is 9.84 Å². The van der Waals surface area contributed by atoms with Gasteiger partial charge in [0.25, 0.3) is 0 Å². The maximum absolute atomic E-state index is 12.7. The van der Waals surface area contributed by atoms with Crippen molar-refractivity contribution in [3.63, 3.8) is 0 Å². The van der Waals surface area contributed by atoms with Crippen LogP contribution < -0.4 is 0 Å². The molecule has 0 saturated heterocycles. The molecule has 0 unspecified atom stereocenters. The van der Waals surface area contributed by atoms with Crippen LogP contribution >= 0.6 is 11.8 Å². The van der Waals surface area contributed by atoms with Crippen LogP contribution in [0.15, 0.2) is 71.0 Å². The maximum atomic E-state index is 12.7. The van der Waals surface area contributed by atoms with Crippen LogP contribution in [0.2, 0.25) is 0 Å². The molecule has 21 heavy (non-hydrogen) atoms. The van der Waals surface area contributed by atoms with Crippen molar-refractivity contribution in [2.24, 2.45) is 0 Å². The monoisotopic (exact) mass is 320 g/mol. The molecule has 0 fully saturated rings. The summed E-state index contributed by atoms with van der Waals surface area (Å²) in [6.45, 7) is 9.40.